The number of aliphatic hydroxyl groups is 1. The molecule has 0 bridgehead atoms. The van der Waals surface area contributed by atoms with Crippen molar-refractivity contribution >= 4 is 22.6 Å². The predicted octanol–water partition coefficient (Wildman–Crippen LogP) is 4.77. The highest BCUT2D eigenvalue weighted by molar-refractivity contribution is 5.84. The van der Waals surface area contributed by atoms with Crippen LogP contribution in [0.25, 0.3) is 10.8 Å². The number of hydrogen-bond acceptors (Lipinski definition) is 4. The highest BCUT2D eigenvalue weighted by Crippen LogP contribution is 2.25. The largest absolute Gasteiger partial charge is 0.444 e. The first-order chi connectivity index (χ1) is 13.0. The molecular formula is C23H31NO4. The average molecular weight is 386 g/mol. The van der Waals surface area contributed by atoms with E-state index in [1.165, 1.54) is 0 Å². The summed E-state index contributed by atoms with van der Waals surface area (Å²) >= 11 is 0. The molecule has 0 radical (unpaired) electrons. The van der Waals surface area contributed by atoms with Gasteiger partial charge in [0.15, 0.2) is 5.78 Å². The fraction of sp³-hybridized carbons (Fsp3) is 0.478. The lowest BCUT2D eigenvalue weighted by atomic mass is 9.94. The third-order valence-corrected chi connectivity index (χ3v) is 4.31. The standard InChI is InChI=1S/C23H31NO4/c1-15(2)12-20(25)21(26)14-19(24-22(27)28-23(3,4)5)18-11-10-16-8-6-7-9-17(16)13-18/h6-11,13,15,19,21,26H,12,14H2,1-5H3,(H,24,27). The number of rotatable bonds is 7. The van der Waals surface area contributed by atoms with Crippen LogP contribution in [0.5, 0.6) is 0 Å². The van der Waals surface area contributed by atoms with E-state index in [9.17, 15) is 14.7 Å². The van der Waals surface area contributed by atoms with E-state index in [2.05, 4.69) is 5.32 Å². The van der Waals surface area contributed by atoms with Crippen LogP contribution in [-0.2, 0) is 9.53 Å². The van der Waals surface area contributed by atoms with Gasteiger partial charge in [0, 0.05) is 12.8 Å². The Balaban J connectivity index is 2.26. The zero-order chi connectivity index (χ0) is 20.9. The number of carbonyl (C=O) groups excluding carboxylic acids is 2. The van der Waals surface area contributed by atoms with Gasteiger partial charge in [-0.2, -0.15) is 0 Å². The molecule has 0 aliphatic heterocycles. The minimum absolute atomic E-state index is 0.100. The molecule has 1 amide bonds. The second-order valence-corrected chi connectivity index (χ2v) is 8.62. The molecule has 0 fully saturated rings. The number of carbonyl (C=O) groups is 2. The molecule has 5 nitrogen and oxygen atoms in total. The van der Waals surface area contributed by atoms with Gasteiger partial charge in [-0.3, -0.25) is 4.79 Å². The van der Waals surface area contributed by atoms with Crippen molar-refractivity contribution in [3.8, 4) is 0 Å². The van der Waals surface area contributed by atoms with Crippen LogP contribution in [-0.4, -0.2) is 28.7 Å². The quantitative estimate of drug-likeness (QED) is 0.720. The first-order valence-electron chi connectivity index (χ1n) is 9.74. The lowest BCUT2D eigenvalue weighted by Crippen LogP contribution is -2.37. The molecule has 152 valence electrons. The molecule has 0 aliphatic rings. The normalized spacial score (nSPS) is 14.0. The monoisotopic (exact) mass is 385 g/mol. The average Bonchev–Trinajstić information content (AvgIpc) is 2.58. The van der Waals surface area contributed by atoms with E-state index in [1.807, 2.05) is 56.3 Å². The second-order valence-electron chi connectivity index (χ2n) is 8.62. The van der Waals surface area contributed by atoms with Gasteiger partial charge in [-0.25, -0.2) is 4.79 Å². The summed E-state index contributed by atoms with van der Waals surface area (Å²) in [6.07, 6.45) is -1.32. The third-order valence-electron chi connectivity index (χ3n) is 4.31. The number of benzene rings is 2. The van der Waals surface area contributed by atoms with Gasteiger partial charge in [0.1, 0.15) is 11.7 Å². The van der Waals surface area contributed by atoms with Crippen LogP contribution < -0.4 is 5.32 Å². The molecule has 0 heterocycles. The van der Waals surface area contributed by atoms with Crippen LogP contribution in [0.3, 0.4) is 0 Å². The minimum Gasteiger partial charge on any atom is -0.444 e. The molecule has 2 N–H and O–H groups in total. The van der Waals surface area contributed by atoms with E-state index >= 15 is 0 Å². The Labute approximate surface area is 167 Å². The van der Waals surface area contributed by atoms with Crippen molar-refractivity contribution in [1.29, 1.82) is 0 Å². The van der Waals surface area contributed by atoms with Crippen molar-refractivity contribution in [3.05, 3.63) is 48.0 Å². The van der Waals surface area contributed by atoms with Gasteiger partial charge >= 0.3 is 6.09 Å². The van der Waals surface area contributed by atoms with Crippen molar-refractivity contribution in [1.82, 2.24) is 5.32 Å². The molecule has 0 aromatic heterocycles. The van der Waals surface area contributed by atoms with Gasteiger partial charge in [-0.15, -0.1) is 0 Å². The lowest BCUT2D eigenvalue weighted by Gasteiger charge is -2.25. The van der Waals surface area contributed by atoms with E-state index in [-0.39, 0.29) is 18.1 Å². The fourth-order valence-corrected chi connectivity index (χ4v) is 3.05. The summed E-state index contributed by atoms with van der Waals surface area (Å²) in [5.74, 6) is -0.0492. The molecule has 2 aromatic carbocycles. The summed E-state index contributed by atoms with van der Waals surface area (Å²) in [6, 6.07) is 13.2. The number of Topliss-reactive ketones (excluding diaryl/α,β-unsaturated/α-hetero) is 1. The summed E-state index contributed by atoms with van der Waals surface area (Å²) in [7, 11) is 0. The van der Waals surface area contributed by atoms with Gasteiger partial charge in [-0.05, 0) is 49.1 Å². The van der Waals surface area contributed by atoms with E-state index in [0.717, 1.165) is 16.3 Å². The highest BCUT2D eigenvalue weighted by atomic mass is 16.6. The maximum absolute atomic E-state index is 12.3. The Bertz CT molecular complexity index is 823. The minimum atomic E-state index is -1.14. The lowest BCUT2D eigenvalue weighted by molar-refractivity contribution is -0.128. The Morgan fingerprint density at radius 3 is 2.32 bits per heavy atom. The number of amides is 1. The van der Waals surface area contributed by atoms with Crippen molar-refractivity contribution in [2.75, 3.05) is 0 Å². The fourth-order valence-electron chi connectivity index (χ4n) is 3.05. The molecular weight excluding hydrogens is 354 g/mol. The molecule has 0 spiro atoms. The molecule has 0 aliphatic carbocycles. The predicted molar refractivity (Wildman–Crippen MR) is 111 cm³/mol. The van der Waals surface area contributed by atoms with Crippen LogP contribution in [0.15, 0.2) is 42.5 Å². The van der Waals surface area contributed by atoms with Crippen molar-refractivity contribution in [2.45, 2.75) is 65.2 Å². The number of aliphatic hydroxyl groups excluding tert-OH is 1. The summed E-state index contributed by atoms with van der Waals surface area (Å²) in [5, 5.41) is 15.3. The summed E-state index contributed by atoms with van der Waals surface area (Å²) in [6.45, 7) is 9.24. The van der Waals surface area contributed by atoms with Crippen LogP contribution in [0.4, 0.5) is 4.79 Å². The maximum atomic E-state index is 12.3. The molecule has 28 heavy (non-hydrogen) atoms. The summed E-state index contributed by atoms with van der Waals surface area (Å²) in [4.78, 5) is 24.6. The number of nitrogens with one attached hydrogen (secondary N) is 1. The molecule has 2 unspecified atom stereocenters. The number of ether oxygens (including phenoxy) is 1. The topological polar surface area (TPSA) is 75.6 Å². The van der Waals surface area contributed by atoms with Crippen molar-refractivity contribution in [2.24, 2.45) is 5.92 Å². The van der Waals surface area contributed by atoms with Crippen LogP contribution in [0.1, 0.15) is 59.1 Å². The van der Waals surface area contributed by atoms with E-state index in [1.54, 1.807) is 20.8 Å². The van der Waals surface area contributed by atoms with Crippen molar-refractivity contribution < 1.29 is 19.4 Å². The Hall–Kier alpha value is -2.40. The summed E-state index contributed by atoms with van der Waals surface area (Å²) in [5.41, 5.74) is 0.186. The molecule has 2 aromatic rings. The molecule has 0 saturated heterocycles. The van der Waals surface area contributed by atoms with Crippen LogP contribution in [0.2, 0.25) is 0 Å². The Morgan fingerprint density at radius 1 is 1.07 bits per heavy atom. The molecule has 5 heteroatoms. The number of ketones is 1. The Morgan fingerprint density at radius 2 is 1.71 bits per heavy atom. The smallest absolute Gasteiger partial charge is 0.408 e. The van der Waals surface area contributed by atoms with Gasteiger partial charge in [-0.1, -0.05) is 50.2 Å². The highest BCUT2D eigenvalue weighted by Gasteiger charge is 2.26. The van der Waals surface area contributed by atoms with Gasteiger partial charge in [0.05, 0.1) is 6.04 Å². The van der Waals surface area contributed by atoms with Crippen LogP contribution in [0, 0.1) is 5.92 Å². The van der Waals surface area contributed by atoms with Gasteiger partial charge in [0.25, 0.3) is 0 Å². The first-order valence-corrected chi connectivity index (χ1v) is 9.74. The van der Waals surface area contributed by atoms with Gasteiger partial charge < -0.3 is 15.2 Å². The zero-order valence-corrected chi connectivity index (χ0v) is 17.4. The number of fused-ring (bicyclic) bond motifs is 1. The number of alkyl carbamates (subject to hydrolysis) is 1. The molecule has 2 rings (SSSR count). The summed E-state index contributed by atoms with van der Waals surface area (Å²) < 4.78 is 5.37. The second kappa shape index (κ2) is 9.20. The third kappa shape index (κ3) is 6.64. The SMILES string of the molecule is CC(C)CC(=O)C(O)CC(NC(=O)OC(C)(C)C)c1ccc2ccccc2c1. The van der Waals surface area contributed by atoms with Crippen LogP contribution >= 0.6 is 0 Å². The zero-order valence-electron chi connectivity index (χ0n) is 17.4. The molecule has 0 saturated carbocycles. The maximum Gasteiger partial charge on any atom is 0.408 e. The molecule has 2 atom stereocenters. The number of hydrogen-bond donors (Lipinski definition) is 2. The first kappa shape index (κ1) is 21.9. The van der Waals surface area contributed by atoms with Crippen molar-refractivity contribution in [3.63, 3.8) is 0 Å². The van der Waals surface area contributed by atoms with E-state index in [0.29, 0.717) is 6.42 Å². The Kier molecular flexibility index (Phi) is 7.19. The van der Waals surface area contributed by atoms with E-state index in [4.69, 9.17) is 4.74 Å². The van der Waals surface area contributed by atoms with E-state index < -0.39 is 23.8 Å². The van der Waals surface area contributed by atoms with Gasteiger partial charge in [0.2, 0.25) is 0 Å².